The summed E-state index contributed by atoms with van der Waals surface area (Å²) in [6.45, 7) is 4.32. The Labute approximate surface area is 66.8 Å². The Morgan fingerprint density at radius 1 is 1.50 bits per heavy atom. The molecule has 0 aliphatic rings. The molecule has 0 spiro atoms. The first-order chi connectivity index (χ1) is 4.62. The quantitative estimate of drug-likeness (QED) is 0.622. The molecule has 0 aliphatic heterocycles. The Morgan fingerprint density at radius 3 is 2.50 bits per heavy atom. The van der Waals surface area contributed by atoms with E-state index in [0.29, 0.717) is 0 Å². The molecule has 0 aromatic rings. The summed E-state index contributed by atoms with van der Waals surface area (Å²) in [6.07, 6.45) is 2.05. The lowest BCUT2D eigenvalue weighted by atomic mass is 10.1. The third kappa shape index (κ3) is 5.06. The van der Waals surface area contributed by atoms with Crippen LogP contribution in [-0.2, 0) is 0 Å². The summed E-state index contributed by atoms with van der Waals surface area (Å²) in [7, 11) is 0. The van der Waals surface area contributed by atoms with Crippen LogP contribution in [0.15, 0.2) is 0 Å². The highest BCUT2D eigenvalue weighted by Crippen LogP contribution is 2.01. The molecule has 0 unspecified atom stereocenters. The second kappa shape index (κ2) is 4.97. The second-order valence-electron chi connectivity index (χ2n) is 2.94. The third-order valence-electron chi connectivity index (χ3n) is 1.24. The zero-order chi connectivity index (χ0) is 8.04. The summed E-state index contributed by atoms with van der Waals surface area (Å²) < 4.78 is 12.1. The molecule has 1 nitrogen and oxygen atoms in total. The molecule has 62 valence electrons. The number of alkyl halides is 1. The number of hydrogen-bond acceptors (Lipinski definition) is 2. The van der Waals surface area contributed by atoms with Crippen molar-refractivity contribution in [2.24, 2.45) is 0 Å². The average Bonchev–Trinajstić information content (AvgIpc) is 1.89. The van der Waals surface area contributed by atoms with Crippen molar-refractivity contribution < 1.29 is 4.39 Å². The minimum absolute atomic E-state index is 0.304. The molecule has 0 rings (SSSR count). The second-order valence-corrected chi connectivity index (χ2v) is 3.92. The fourth-order valence-electron chi connectivity index (χ4n) is 0.539. The molecular weight excluding hydrogens is 149 g/mol. The number of halogens is 1. The maximum Gasteiger partial charge on any atom is 0.107 e. The van der Waals surface area contributed by atoms with Gasteiger partial charge in [0, 0.05) is 17.8 Å². The van der Waals surface area contributed by atoms with E-state index in [2.05, 4.69) is 5.32 Å². The van der Waals surface area contributed by atoms with Crippen molar-refractivity contribution in [2.45, 2.75) is 19.4 Å². The monoisotopic (exact) mass is 165 g/mol. The van der Waals surface area contributed by atoms with Crippen molar-refractivity contribution in [3.8, 4) is 0 Å². The Morgan fingerprint density at radius 2 is 2.10 bits per heavy atom. The van der Waals surface area contributed by atoms with E-state index in [4.69, 9.17) is 0 Å². The average molecular weight is 165 g/mol. The van der Waals surface area contributed by atoms with Crippen LogP contribution in [0, 0.1) is 0 Å². The maximum absolute atomic E-state index is 12.1. The van der Waals surface area contributed by atoms with Gasteiger partial charge in [-0.3, -0.25) is 0 Å². The van der Waals surface area contributed by atoms with Crippen LogP contribution in [0.1, 0.15) is 13.8 Å². The topological polar surface area (TPSA) is 12.0 Å². The van der Waals surface area contributed by atoms with Crippen molar-refractivity contribution in [1.82, 2.24) is 5.32 Å². The van der Waals surface area contributed by atoms with Crippen LogP contribution in [0.4, 0.5) is 4.39 Å². The molecule has 0 amide bonds. The number of nitrogens with one attached hydrogen (secondary N) is 1. The largest absolute Gasteiger partial charge is 0.309 e. The minimum Gasteiger partial charge on any atom is -0.309 e. The lowest BCUT2D eigenvalue weighted by Crippen LogP contribution is -2.42. The van der Waals surface area contributed by atoms with Crippen molar-refractivity contribution in [3.63, 3.8) is 0 Å². The van der Waals surface area contributed by atoms with Crippen LogP contribution in [-0.4, -0.2) is 30.8 Å². The molecule has 0 bridgehead atoms. The van der Waals surface area contributed by atoms with Crippen LogP contribution in [0.3, 0.4) is 0 Å². The Kier molecular flexibility index (Phi) is 5.09. The van der Waals surface area contributed by atoms with Gasteiger partial charge < -0.3 is 5.32 Å². The summed E-state index contributed by atoms with van der Waals surface area (Å²) in [5.74, 6) is 1.05. The lowest BCUT2D eigenvalue weighted by molar-refractivity contribution is 0.294. The fraction of sp³-hybridized carbons (Fsp3) is 1.00. The number of thioether (sulfide) groups is 1. The van der Waals surface area contributed by atoms with Crippen LogP contribution in [0.5, 0.6) is 0 Å². The molecule has 0 aromatic carbocycles. The molecule has 0 fully saturated rings. The van der Waals surface area contributed by atoms with Crippen molar-refractivity contribution in [3.05, 3.63) is 0 Å². The molecule has 0 atom stereocenters. The number of rotatable bonds is 5. The van der Waals surface area contributed by atoms with Crippen molar-refractivity contribution in [2.75, 3.05) is 25.2 Å². The van der Waals surface area contributed by atoms with Crippen molar-refractivity contribution >= 4 is 11.8 Å². The molecule has 3 heteroatoms. The molecule has 0 aliphatic carbocycles. The zero-order valence-corrected chi connectivity index (χ0v) is 7.72. The van der Waals surface area contributed by atoms with Gasteiger partial charge in [0.1, 0.15) is 6.67 Å². The molecule has 10 heavy (non-hydrogen) atoms. The van der Waals surface area contributed by atoms with E-state index in [9.17, 15) is 4.39 Å². The zero-order valence-electron chi connectivity index (χ0n) is 6.91. The van der Waals surface area contributed by atoms with Gasteiger partial charge in [0.25, 0.3) is 0 Å². The van der Waals surface area contributed by atoms with E-state index in [0.717, 1.165) is 12.3 Å². The fourth-order valence-corrected chi connectivity index (χ4v) is 0.845. The Bertz CT molecular complexity index is 85.7. The third-order valence-corrected chi connectivity index (χ3v) is 1.86. The summed E-state index contributed by atoms with van der Waals surface area (Å²) >= 11 is 1.77. The van der Waals surface area contributed by atoms with Gasteiger partial charge in [-0.25, -0.2) is 4.39 Å². The molecule has 0 heterocycles. The van der Waals surface area contributed by atoms with Gasteiger partial charge in [0.15, 0.2) is 0 Å². The lowest BCUT2D eigenvalue weighted by Gasteiger charge is -2.21. The highest BCUT2D eigenvalue weighted by Gasteiger charge is 2.14. The molecule has 0 aromatic heterocycles. The van der Waals surface area contributed by atoms with Gasteiger partial charge in [-0.1, -0.05) is 0 Å². The van der Waals surface area contributed by atoms with Gasteiger partial charge in [0.05, 0.1) is 0 Å². The highest BCUT2D eigenvalue weighted by atomic mass is 32.2. The summed E-state index contributed by atoms with van der Waals surface area (Å²) in [5, 5.41) is 3.11. The van der Waals surface area contributed by atoms with Crippen LogP contribution in [0.25, 0.3) is 0 Å². The van der Waals surface area contributed by atoms with Crippen LogP contribution in [0.2, 0.25) is 0 Å². The van der Waals surface area contributed by atoms with E-state index in [1.54, 1.807) is 11.8 Å². The smallest absolute Gasteiger partial charge is 0.107 e. The standard InChI is InChI=1S/C7H16FNS/c1-7(2,6-8)9-4-5-10-3/h9H,4-6H2,1-3H3. The SMILES string of the molecule is CSCCNC(C)(C)CF. The Hall–Kier alpha value is 0.240. The summed E-state index contributed by atoms with van der Waals surface area (Å²) in [4.78, 5) is 0. The van der Waals surface area contributed by atoms with E-state index in [1.165, 1.54) is 0 Å². The minimum atomic E-state index is -0.338. The predicted octanol–water partition coefficient (Wildman–Crippen LogP) is 1.69. The number of hydrogen-bond donors (Lipinski definition) is 1. The molecular formula is C7H16FNS. The van der Waals surface area contributed by atoms with E-state index in [-0.39, 0.29) is 12.2 Å². The van der Waals surface area contributed by atoms with E-state index in [1.807, 2.05) is 20.1 Å². The molecule has 0 saturated heterocycles. The van der Waals surface area contributed by atoms with Gasteiger partial charge in [-0.2, -0.15) is 11.8 Å². The first-order valence-electron chi connectivity index (χ1n) is 3.42. The van der Waals surface area contributed by atoms with Crippen LogP contribution >= 0.6 is 11.8 Å². The van der Waals surface area contributed by atoms with Crippen LogP contribution < -0.4 is 5.32 Å². The van der Waals surface area contributed by atoms with Gasteiger partial charge in [-0.15, -0.1) is 0 Å². The first kappa shape index (κ1) is 10.2. The van der Waals surface area contributed by atoms with E-state index >= 15 is 0 Å². The van der Waals surface area contributed by atoms with Gasteiger partial charge in [0.2, 0.25) is 0 Å². The normalized spacial score (nSPS) is 12.0. The molecule has 0 radical (unpaired) electrons. The van der Waals surface area contributed by atoms with E-state index < -0.39 is 0 Å². The Balaban J connectivity index is 3.28. The predicted molar refractivity (Wildman–Crippen MR) is 46.4 cm³/mol. The first-order valence-corrected chi connectivity index (χ1v) is 4.82. The van der Waals surface area contributed by atoms with Crippen molar-refractivity contribution in [1.29, 1.82) is 0 Å². The molecule has 1 N–H and O–H groups in total. The maximum atomic E-state index is 12.1. The summed E-state index contributed by atoms with van der Waals surface area (Å²) in [6, 6.07) is 0. The molecule has 0 saturated carbocycles. The highest BCUT2D eigenvalue weighted by molar-refractivity contribution is 7.98. The summed E-state index contributed by atoms with van der Waals surface area (Å²) in [5.41, 5.74) is -0.338. The van der Waals surface area contributed by atoms with Gasteiger partial charge in [-0.05, 0) is 20.1 Å². The van der Waals surface area contributed by atoms with Gasteiger partial charge >= 0.3 is 0 Å².